The van der Waals surface area contributed by atoms with E-state index in [1.54, 1.807) is 18.2 Å². The molecule has 0 aliphatic rings. The molecule has 0 saturated heterocycles. The Balaban J connectivity index is 2.11. The van der Waals surface area contributed by atoms with Crippen LogP contribution in [0.1, 0.15) is 11.1 Å². The highest BCUT2D eigenvalue weighted by Crippen LogP contribution is 2.31. The van der Waals surface area contributed by atoms with Crippen LogP contribution in [0.2, 0.25) is 0 Å². The molecule has 3 rings (SSSR count). The fourth-order valence-electron chi connectivity index (χ4n) is 2.80. The van der Waals surface area contributed by atoms with E-state index in [-0.39, 0.29) is 5.43 Å². The second-order valence-corrected chi connectivity index (χ2v) is 5.81. The molecule has 2 aromatic carbocycles. The predicted molar refractivity (Wildman–Crippen MR) is 96.4 cm³/mol. The number of anilines is 1. The van der Waals surface area contributed by atoms with Crippen LogP contribution in [-0.2, 0) is 0 Å². The third kappa shape index (κ3) is 2.98. The standard InChI is InChI=1S/C19H20N2O3/c1-11-7-13(8-12(2)19(11)23-6-5-20)18-10-16(22)15-9-14(21)3-4-17(15)24-18/h3-4,7-10H,5-6,20-21H2,1-2H3. The van der Waals surface area contributed by atoms with Gasteiger partial charge in [-0.15, -0.1) is 0 Å². The van der Waals surface area contributed by atoms with Crippen LogP contribution < -0.4 is 21.6 Å². The Bertz CT molecular complexity index is 937. The summed E-state index contributed by atoms with van der Waals surface area (Å²) in [6.07, 6.45) is 0. The van der Waals surface area contributed by atoms with Crippen molar-refractivity contribution in [2.75, 3.05) is 18.9 Å². The fourth-order valence-corrected chi connectivity index (χ4v) is 2.80. The van der Waals surface area contributed by atoms with E-state index in [2.05, 4.69) is 0 Å². The van der Waals surface area contributed by atoms with Gasteiger partial charge >= 0.3 is 0 Å². The molecule has 5 nitrogen and oxygen atoms in total. The van der Waals surface area contributed by atoms with Gasteiger partial charge in [0.25, 0.3) is 0 Å². The van der Waals surface area contributed by atoms with Crippen molar-refractivity contribution in [3.05, 3.63) is 57.7 Å². The van der Waals surface area contributed by atoms with Gasteiger partial charge in [-0.1, -0.05) is 0 Å². The average molecular weight is 324 g/mol. The van der Waals surface area contributed by atoms with Crippen LogP contribution in [0, 0.1) is 13.8 Å². The van der Waals surface area contributed by atoms with Gasteiger partial charge in [-0.2, -0.15) is 0 Å². The molecule has 0 spiro atoms. The maximum Gasteiger partial charge on any atom is 0.193 e. The maximum atomic E-state index is 12.3. The Hall–Kier alpha value is -2.79. The number of rotatable bonds is 4. The molecule has 5 heteroatoms. The Morgan fingerprint density at radius 1 is 1.08 bits per heavy atom. The molecule has 124 valence electrons. The number of hydrogen-bond donors (Lipinski definition) is 2. The fraction of sp³-hybridized carbons (Fsp3) is 0.211. The van der Waals surface area contributed by atoms with Crippen molar-refractivity contribution in [2.24, 2.45) is 5.73 Å². The Morgan fingerprint density at radius 3 is 2.46 bits per heavy atom. The number of fused-ring (bicyclic) bond motifs is 1. The predicted octanol–water partition coefficient (Wildman–Crippen LogP) is 3.00. The Labute approximate surface area is 139 Å². The van der Waals surface area contributed by atoms with Gasteiger partial charge in [0.05, 0.1) is 5.39 Å². The molecule has 0 atom stereocenters. The van der Waals surface area contributed by atoms with Crippen molar-refractivity contribution < 1.29 is 9.15 Å². The van der Waals surface area contributed by atoms with Gasteiger partial charge in [-0.3, -0.25) is 4.79 Å². The zero-order valence-corrected chi connectivity index (χ0v) is 13.8. The van der Waals surface area contributed by atoms with E-state index in [0.29, 0.717) is 35.6 Å². The molecule has 3 aromatic rings. The van der Waals surface area contributed by atoms with E-state index in [4.69, 9.17) is 20.6 Å². The van der Waals surface area contributed by atoms with Crippen LogP contribution in [0.15, 0.2) is 45.6 Å². The summed E-state index contributed by atoms with van der Waals surface area (Å²) in [6, 6.07) is 10.4. The number of ether oxygens (including phenoxy) is 1. The third-order valence-electron chi connectivity index (χ3n) is 3.86. The average Bonchev–Trinajstić information content (AvgIpc) is 2.54. The minimum absolute atomic E-state index is 0.114. The minimum Gasteiger partial charge on any atom is -0.492 e. The molecule has 4 N–H and O–H groups in total. The smallest absolute Gasteiger partial charge is 0.193 e. The summed E-state index contributed by atoms with van der Waals surface area (Å²) in [6.45, 7) is 4.85. The molecule has 0 bridgehead atoms. The van der Waals surface area contributed by atoms with Gasteiger partial charge < -0.3 is 20.6 Å². The molecule has 1 heterocycles. The molecule has 0 saturated carbocycles. The largest absolute Gasteiger partial charge is 0.492 e. The molecular formula is C19H20N2O3. The number of hydrogen-bond acceptors (Lipinski definition) is 5. The van der Waals surface area contributed by atoms with Crippen molar-refractivity contribution >= 4 is 16.7 Å². The number of nitrogens with two attached hydrogens (primary N) is 2. The van der Waals surface area contributed by atoms with Gasteiger partial charge in [0.2, 0.25) is 0 Å². The van der Waals surface area contributed by atoms with Crippen LogP contribution >= 0.6 is 0 Å². The lowest BCUT2D eigenvalue weighted by molar-refractivity contribution is 0.324. The summed E-state index contributed by atoms with van der Waals surface area (Å²) in [5.74, 6) is 1.34. The van der Waals surface area contributed by atoms with Gasteiger partial charge in [-0.25, -0.2) is 0 Å². The number of aryl methyl sites for hydroxylation is 2. The summed E-state index contributed by atoms with van der Waals surface area (Å²) in [5, 5.41) is 0.482. The molecule has 0 amide bonds. The normalized spacial score (nSPS) is 11.0. The van der Waals surface area contributed by atoms with Gasteiger partial charge in [0, 0.05) is 23.9 Å². The molecule has 0 radical (unpaired) electrons. The van der Waals surface area contributed by atoms with Gasteiger partial charge in [-0.05, 0) is 55.3 Å². The summed E-state index contributed by atoms with van der Waals surface area (Å²) in [7, 11) is 0. The number of benzene rings is 2. The first-order chi connectivity index (χ1) is 11.5. The first-order valence-corrected chi connectivity index (χ1v) is 7.77. The van der Waals surface area contributed by atoms with E-state index < -0.39 is 0 Å². The van der Waals surface area contributed by atoms with Crippen molar-refractivity contribution in [2.45, 2.75) is 13.8 Å². The van der Waals surface area contributed by atoms with Crippen LogP contribution in [0.25, 0.3) is 22.3 Å². The third-order valence-corrected chi connectivity index (χ3v) is 3.86. The lowest BCUT2D eigenvalue weighted by Gasteiger charge is -2.13. The zero-order chi connectivity index (χ0) is 17.3. The molecule has 24 heavy (non-hydrogen) atoms. The first-order valence-electron chi connectivity index (χ1n) is 7.77. The van der Waals surface area contributed by atoms with Crippen LogP contribution in [0.5, 0.6) is 5.75 Å². The lowest BCUT2D eigenvalue weighted by Crippen LogP contribution is -2.11. The van der Waals surface area contributed by atoms with Crippen molar-refractivity contribution in [1.29, 1.82) is 0 Å². The molecule has 0 aliphatic heterocycles. The molecule has 0 aliphatic carbocycles. The highest BCUT2D eigenvalue weighted by Gasteiger charge is 2.12. The number of nitrogen functional groups attached to an aromatic ring is 1. The van der Waals surface area contributed by atoms with E-state index >= 15 is 0 Å². The Morgan fingerprint density at radius 2 is 1.79 bits per heavy atom. The summed E-state index contributed by atoms with van der Waals surface area (Å²) in [4.78, 5) is 12.3. The van der Waals surface area contributed by atoms with E-state index in [0.717, 1.165) is 22.4 Å². The highest BCUT2D eigenvalue weighted by molar-refractivity contribution is 5.82. The van der Waals surface area contributed by atoms with Crippen LogP contribution in [-0.4, -0.2) is 13.2 Å². The van der Waals surface area contributed by atoms with Crippen LogP contribution in [0.3, 0.4) is 0 Å². The lowest BCUT2D eigenvalue weighted by atomic mass is 10.0. The highest BCUT2D eigenvalue weighted by atomic mass is 16.5. The van der Waals surface area contributed by atoms with Crippen molar-refractivity contribution in [1.82, 2.24) is 0 Å². The second-order valence-electron chi connectivity index (χ2n) is 5.81. The molecule has 0 unspecified atom stereocenters. The first kappa shape index (κ1) is 16.1. The van der Waals surface area contributed by atoms with Gasteiger partial charge in [0.1, 0.15) is 23.7 Å². The van der Waals surface area contributed by atoms with Gasteiger partial charge in [0.15, 0.2) is 5.43 Å². The quantitative estimate of drug-likeness (QED) is 0.720. The van der Waals surface area contributed by atoms with Crippen molar-refractivity contribution in [3.8, 4) is 17.1 Å². The maximum absolute atomic E-state index is 12.3. The molecule has 0 fully saturated rings. The molecular weight excluding hydrogens is 304 g/mol. The topological polar surface area (TPSA) is 91.5 Å². The van der Waals surface area contributed by atoms with E-state index in [9.17, 15) is 4.79 Å². The minimum atomic E-state index is -0.114. The summed E-state index contributed by atoms with van der Waals surface area (Å²) >= 11 is 0. The molecule has 1 aromatic heterocycles. The van der Waals surface area contributed by atoms with Crippen LogP contribution in [0.4, 0.5) is 5.69 Å². The SMILES string of the molecule is Cc1cc(-c2cc(=O)c3cc(N)ccc3o2)cc(C)c1OCCN. The van der Waals surface area contributed by atoms with Crippen molar-refractivity contribution in [3.63, 3.8) is 0 Å². The summed E-state index contributed by atoms with van der Waals surface area (Å²) in [5.41, 5.74) is 14.9. The zero-order valence-electron chi connectivity index (χ0n) is 13.8. The van der Waals surface area contributed by atoms with E-state index in [1.165, 1.54) is 6.07 Å². The Kier molecular flexibility index (Phi) is 4.27. The van der Waals surface area contributed by atoms with E-state index in [1.807, 2.05) is 26.0 Å². The monoisotopic (exact) mass is 324 g/mol. The summed E-state index contributed by atoms with van der Waals surface area (Å²) < 4.78 is 11.6. The second kappa shape index (κ2) is 6.37.